The normalized spacial score (nSPS) is 10.4. The number of aromatic amines is 1. The van der Waals surface area contributed by atoms with E-state index in [9.17, 15) is 9.59 Å². The molecule has 1 aromatic heterocycles. The number of benzene rings is 1. The highest BCUT2D eigenvalue weighted by molar-refractivity contribution is 7.99. The zero-order chi connectivity index (χ0) is 17.4. The molecule has 0 aliphatic heterocycles. The van der Waals surface area contributed by atoms with Gasteiger partial charge in [-0.05, 0) is 37.1 Å². The summed E-state index contributed by atoms with van der Waals surface area (Å²) in [5.41, 5.74) is 1.27. The van der Waals surface area contributed by atoms with Crippen LogP contribution in [-0.2, 0) is 11.2 Å². The highest BCUT2D eigenvalue weighted by Gasteiger charge is 2.07. The number of anilines is 1. The van der Waals surface area contributed by atoms with Gasteiger partial charge in [-0.1, -0.05) is 25.1 Å². The third kappa shape index (κ3) is 5.73. The molecule has 0 aliphatic carbocycles. The number of amides is 1. The molecule has 1 aromatic carbocycles. The standard InChI is InChI=1S/C17H21N3O3S/c1-3-4-5-13-10-15(21)20-17(19-13)24-11-16(22)18-12-6-8-14(23-2)9-7-12/h6-10H,3-5,11H2,1-2H3,(H,18,22)(H,19,20,21). The van der Waals surface area contributed by atoms with Gasteiger partial charge >= 0.3 is 0 Å². The Labute approximate surface area is 145 Å². The smallest absolute Gasteiger partial charge is 0.251 e. The first-order valence-electron chi connectivity index (χ1n) is 7.77. The van der Waals surface area contributed by atoms with Crippen LogP contribution in [0.25, 0.3) is 0 Å². The summed E-state index contributed by atoms with van der Waals surface area (Å²) in [6.07, 6.45) is 2.80. The molecule has 24 heavy (non-hydrogen) atoms. The van der Waals surface area contributed by atoms with E-state index in [-0.39, 0.29) is 17.2 Å². The van der Waals surface area contributed by atoms with Crippen LogP contribution in [0.3, 0.4) is 0 Å². The van der Waals surface area contributed by atoms with Crippen molar-refractivity contribution in [1.29, 1.82) is 0 Å². The van der Waals surface area contributed by atoms with Gasteiger partial charge in [0.1, 0.15) is 5.75 Å². The van der Waals surface area contributed by atoms with Crippen molar-refractivity contribution in [2.45, 2.75) is 31.3 Å². The molecule has 7 heteroatoms. The number of hydrogen-bond donors (Lipinski definition) is 2. The van der Waals surface area contributed by atoms with Crippen molar-refractivity contribution in [2.75, 3.05) is 18.2 Å². The number of nitrogens with one attached hydrogen (secondary N) is 2. The molecule has 0 bridgehead atoms. The Kier molecular flexibility index (Phi) is 6.87. The van der Waals surface area contributed by atoms with Gasteiger partial charge in [-0.3, -0.25) is 9.59 Å². The van der Waals surface area contributed by atoms with Gasteiger partial charge in [0.15, 0.2) is 5.16 Å². The second-order valence-electron chi connectivity index (χ2n) is 5.21. The minimum atomic E-state index is -0.186. The number of aryl methyl sites for hydroxylation is 1. The Morgan fingerprint density at radius 1 is 1.33 bits per heavy atom. The summed E-state index contributed by atoms with van der Waals surface area (Å²) in [4.78, 5) is 30.7. The van der Waals surface area contributed by atoms with E-state index in [1.807, 2.05) is 0 Å². The van der Waals surface area contributed by atoms with Crippen LogP contribution in [0.4, 0.5) is 5.69 Å². The molecule has 0 atom stereocenters. The quantitative estimate of drug-likeness (QED) is 0.567. The fourth-order valence-electron chi connectivity index (χ4n) is 2.04. The first kappa shape index (κ1) is 18.1. The van der Waals surface area contributed by atoms with Gasteiger partial charge in [-0.25, -0.2) is 4.98 Å². The number of hydrogen-bond acceptors (Lipinski definition) is 5. The SMILES string of the molecule is CCCCc1cc(=O)[nH]c(SCC(=O)Nc2ccc(OC)cc2)n1. The molecule has 0 saturated carbocycles. The van der Waals surface area contributed by atoms with Crippen molar-refractivity contribution in [3.8, 4) is 5.75 Å². The van der Waals surface area contributed by atoms with Gasteiger partial charge in [0, 0.05) is 17.4 Å². The Bertz CT molecular complexity index is 729. The number of H-pyrrole nitrogens is 1. The molecule has 2 N–H and O–H groups in total. The molecule has 128 valence electrons. The lowest BCUT2D eigenvalue weighted by Gasteiger charge is -2.06. The van der Waals surface area contributed by atoms with Crippen LogP contribution in [0.1, 0.15) is 25.5 Å². The lowest BCUT2D eigenvalue weighted by molar-refractivity contribution is -0.113. The molecule has 1 amide bonds. The molecule has 0 aliphatic rings. The number of aromatic nitrogens is 2. The molecule has 0 spiro atoms. The third-order valence-corrected chi connectivity index (χ3v) is 4.15. The van der Waals surface area contributed by atoms with Gasteiger partial charge in [0.25, 0.3) is 5.56 Å². The first-order chi connectivity index (χ1) is 11.6. The molecule has 2 aromatic rings. The van der Waals surface area contributed by atoms with Crippen molar-refractivity contribution >= 4 is 23.4 Å². The minimum absolute atomic E-state index is 0.160. The average molecular weight is 347 g/mol. The van der Waals surface area contributed by atoms with Crippen molar-refractivity contribution in [1.82, 2.24) is 9.97 Å². The van der Waals surface area contributed by atoms with E-state index in [0.29, 0.717) is 10.8 Å². The van der Waals surface area contributed by atoms with E-state index >= 15 is 0 Å². The van der Waals surface area contributed by atoms with E-state index in [1.165, 1.54) is 17.8 Å². The number of carbonyl (C=O) groups excluding carboxylic acids is 1. The fraction of sp³-hybridized carbons (Fsp3) is 0.353. The monoisotopic (exact) mass is 347 g/mol. The average Bonchev–Trinajstić information content (AvgIpc) is 2.58. The summed E-state index contributed by atoms with van der Waals surface area (Å²) in [5.74, 6) is 0.742. The molecular weight excluding hydrogens is 326 g/mol. The molecule has 2 rings (SSSR count). The predicted octanol–water partition coefficient (Wildman–Crippen LogP) is 2.85. The van der Waals surface area contributed by atoms with Gasteiger partial charge < -0.3 is 15.0 Å². The number of ether oxygens (including phenoxy) is 1. The molecule has 6 nitrogen and oxygen atoms in total. The van der Waals surface area contributed by atoms with Crippen LogP contribution in [0.5, 0.6) is 5.75 Å². The van der Waals surface area contributed by atoms with E-state index in [4.69, 9.17) is 4.74 Å². The lowest BCUT2D eigenvalue weighted by atomic mass is 10.2. The highest BCUT2D eigenvalue weighted by atomic mass is 32.2. The lowest BCUT2D eigenvalue weighted by Crippen LogP contribution is -2.15. The molecule has 0 radical (unpaired) electrons. The zero-order valence-electron chi connectivity index (χ0n) is 13.8. The summed E-state index contributed by atoms with van der Waals surface area (Å²) >= 11 is 1.21. The van der Waals surface area contributed by atoms with Crippen LogP contribution < -0.4 is 15.6 Å². The topological polar surface area (TPSA) is 84.1 Å². The number of nitrogens with zero attached hydrogens (tertiary/aromatic N) is 1. The maximum absolute atomic E-state index is 12.0. The Balaban J connectivity index is 1.90. The Morgan fingerprint density at radius 3 is 2.75 bits per heavy atom. The van der Waals surface area contributed by atoms with E-state index in [1.54, 1.807) is 31.4 Å². The Morgan fingerprint density at radius 2 is 2.08 bits per heavy atom. The summed E-state index contributed by atoms with van der Waals surface area (Å²) in [6, 6.07) is 8.61. The van der Waals surface area contributed by atoms with E-state index < -0.39 is 0 Å². The number of thioether (sulfide) groups is 1. The van der Waals surface area contributed by atoms with Crippen LogP contribution in [0.15, 0.2) is 40.3 Å². The number of rotatable bonds is 8. The summed E-state index contributed by atoms with van der Waals surface area (Å²) in [5, 5.41) is 3.26. The second kappa shape index (κ2) is 9.12. The molecule has 0 unspecified atom stereocenters. The minimum Gasteiger partial charge on any atom is -0.497 e. The van der Waals surface area contributed by atoms with Crippen LogP contribution in [0, 0.1) is 0 Å². The molecule has 0 saturated heterocycles. The third-order valence-electron chi connectivity index (χ3n) is 3.27. The number of unbranched alkanes of at least 4 members (excludes halogenated alkanes) is 1. The summed E-state index contributed by atoms with van der Waals surface area (Å²) in [7, 11) is 1.59. The number of carbonyl (C=O) groups is 1. The van der Waals surface area contributed by atoms with Crippen LogP contribution in [-0.4, -0.2) is 28.7 Å². The van der Waals surface area contributed by atoms with Crippen LogP contribution in [0.2, 0.25) is 0 Å². The van der Waals surface area contributed by atoms with Crippen molar-refractivity contribution in [2.24, 2.45) is 0 Å². The largest absolute Gasteiger partial charge is 0.497 e. The second-order valence-corrected chi connectivity index (χ2v) is 6.17. The fourth-order valence-corrected chi connectivity index (χ4v) is 2.74. The van der Waals surface area contributed by atoms with Gasteiger partial charge in [-0.15, -0.1) is 0 Å². The molecule has 1 heterocycles. The molecular formula is C17H21N3O3S. The van der Waals surface area contributed by atoms with Gasteiger partial charge in [0.2, 0.25) is 5.91 Å². The summed E-state index contributed by atoms with van der Waals surface area (Å²) in [6.45, 7) is 2.09. The summed E-state index contributed by atoms with van der Waals surface area (Å²) < 4.78 is 5.07. The highest BCUT2D eigenvalue weighted by Crippen LogP contribution is 2.16. The zero-order valence-corrected chi connectivity index (χ0v) is 14.6. The van der Waals surface area contributed by atoms with Gasteiger partial charge in [0.05, 0.1) is 12.9 Å². The van der Waals surface area contributed by atoms with Gasteiger partial charge in [-0.2, -0.15) is 0 Å². The van der Waals surface area contributed by atoms with Crippen LogP contribution >= 0.6 is 11.8 Å². The predicted molar refractivity (Wildman–Crippen MR) is 95.8 cm³/mol. The van der Waals surface area contributed by atoms with E-state index in [2.05, 4.69) is 22.2 Å². The van der Waals surface area contributed by atoms with E-state index in [0.717, 1.165) is 30.7 Å². The van der Waals surface area contributed by atoms with Crippen molar-refractivity contribution in [3.63, 3.8) is 0 Å². The number of methoxy groups -OCH3 is 1. The first-order valence-corrected chi connectivity index (χ1v) is 8.76. The maximum atomic E-state index is 12.0. The van der Waals surface area contributed by atoms with Crippen molar-refractivity contribution in [3.05, 3.63) is 46.4 Å². The Hall–Kier alpha value is -2.28. The van der Waals surface area contributed by atoms with Crippen molar-refractivity contribution < 1.29 is 9.53 Å². The molecule has 0 fully saturated rings. The maximum Gasteiger partial charge on any atom is 0.251 e.